The molecule has 0 bridgehead atoms. The summed E-state index contributed by atoms with van der Waals surface area (Å²) in [5, 5.41) is 4.53. The van der Waals surface area contributed by atoms with Crippen molar-refractivity contribution in [2.24, 2.45) is 0 Å². The number of nitrogens with zero attached hydrogens (tertiary/aromatic N) is 1. The van der Waals surface area contributed by atoms with E-state index in [0.29, 0.717) is 0 Å². The molecule has 0 radical (unpaired) electrons. The van der Waals surface area contributed by atoms with Gasteiger partial charge in [0.25, 0.3) is 0 Å². The zero-order chi connectivity index (χ0) is 13.1. The fourth-order valence-corrected chi connectivity index (χ4v) is 2.13. The molecule has 3 rings (SSSR count). The molecular weight excluding hydrogens is 234 g/mol. The molecule has 0 aliphatic heterocycles. The van der Waals surface area contributed by atoms with Gasteiger partial charge in [-0.15, -0.1) is 0 Å². The molecule has 19 heavy (non-hydrogen) atoms. The lowest BCUT2D eigenvalue weighted by Gasteiger charge is -2.07. The highest BCUT2D eigenvalue weighted by Gasteiger charge is 1.99. The molecule has 0 saturated heterocycles. The Morgan fingerprint density at radius 2 is 1.89 bits per heavy atom. The smallest absolute Gasteiger partial charge is 0.137 e. The van der Waals surface area contributed by atoms with Crippen LogP contribution in [0.2, 0.25) is 0 Å². The highest BCUT2D eigenvalue weighted by molar-refractivity contribution is 5.78. The minimum atomic E-state index is 0.821. The predicted molar refractivity (Wildman–Crippen MR) is 79.2 cm³/mol. The molecule has 0 aliphatic rings. The molecule has 2 heterocycles. The second kappa shape index (κ2) is 5.14. The van der Waals surface area contributed by atoms with E-state index in [1.165, 1.54) is 11.1 Å². The van der Waals surface area contributed by atoms with Gasteiger partial charge in [-0.05, 0) is 29.7 Å². The lowest BCUT2D eigenvalue weighted by molar-refractivity contribution is 1.10. The molecule has 3 aromatic rings. The number of hydrogen-bond donors (Lipinski definition) is 2. The summed E-state index contributed by atoms with van der Waals surface area (Å²) in [6.45, 7) is 2.99. The van der Waals surface area contributed by atoms with Gasteiger partial charge < -0.3 is 10.3 Å². The third kappa shape index (κ3) is 2.60. The lowest BCUT2D eigenvalue weighted by atomic mass is 10.1. The lowest BCUT2D eigenvalue weighted by Crippen LogP contribution is -1.99. The van der Waals surface area contributed by atoms with Crippen molar-refractivity contribution in [1.29, 1.82) is 0 Å². The third-order valence-electron chi connectivity index (χ3n) is 3.33. The van der Waals surface area contributed by atoms with Crippen molar-refractivity contribution in [3.8, 4) is 0 Å². The van der Waals surface area contributed by atoms with Gasteiger partial charge in [0.15, 0.2) is 0 Å². The number of aromatic nitrogens is 2. The number of nitrogens with one attached hydrogen (secondary N) is 2. The summed E-state index contributed by atoms with van der Waals surface area (Å²) in [5.41, 5.74) is 4.63. The summed E-state index contributed by atoms with van der Waals surface area (Å²) in [5.74, 6) is 0. The van der Waals surface area contributed by atoms with Crippen LogP contribution in [-0.2, 0) is 13.0 Å². The fourth-order valence-electron chi connectivity index (χ4n) is 2.13. The average Bonchev–Trinajstić information content (AvgIpc) is 2.93. The second-order valence-electron chi connectivity index (χ2n) is 4.66. The normalized spacial score (nSPS) is 10.8. The SMILES string of the molecule is CCc1ccc(CNc2cnc3[nH]ccc3c2)cc1. The van der Waals surface area contributed by atoms with E-state index in [4.69, 9.17) is 0 Å². The van der Waals surface area contributed by atoms with Crippen molar-refractivity contribution in [2.75, 3.05) is 5.32 Å². The van der Waals surface area contributed by atoms with Crippen LogP contribution in [0.15, 0.2) is 48.8 Å². The van der Waals surface area contributed by atoms with E-state index >= 15 is 0 Å². The molecule has 2 N–H and O–H groups in total. The largest absolute Gasteiger partial charge is 0.380 e. The van der Waals surface area contributed by atoms with Gasteiger partial charge in [0.05, 0.1) is 11.9 Å². The van der Waals surface area contributed by atoms with Crippen molar-refractivity contribution >= 4 is 16.7 Å². The number of anilines is 1. The van der Waals surface area contributed by atoms with Crippen molar-refractivity contribution < 1.29 is 0 Å². The third-order valence-corrected chi connectivity index (χ3v) is 3.33. The summed E-state index contributed by atoms with van der Waals surface area (Å²) in [7, 11) is 0. The zero-order valence-electron chi connectivity index (χ0n) is 11.0. The number of pyridine rings is 1. The maximum atomic E-state index is 4.36. The number of aryl methyl sites for hydroxylation is 1. The van der Waals surface area contributed by atoms with Gasteiger partial charge in [-0.2, -0.15) is 0 Å². The van der Waals surface area contributed by atoms with Gasteiger partial charge in [-0.25, -0.2) is 4.98 Å². The maximum Gasteiger partial charge on any atom is 0.137 e. The molecule has 3 heteroatoms. The Labute approximate surface area is 112 Å². The van der Waals surface area contributed by atoms with Crippen LogP contribution in [0.25, 0.3) is 11.0 Å². The monoisotopic (exact) mass is 251 g/mol. The Bertz CT molecular complexity index is 668. The summed E-state index contributed by atoms with van der Waals surface area (Å²) in [4.78, 5) is 7.46. The van der Waals surface area contributed by atoms with Crippen LogP contribution in [0.4, 0.5) is 5.69 Å². The second-order valence-corrected chi connectivity index (χ2v) is 4.66. The zero-order valence-corrected chi connectivity index (χ0v) is 11.0. The highest BCUT2D eigenvalue weighted by atomic mass is 14.9. The van der Waals surface area contributed by atoms with Gasteiger partial charge in [-0.1, -0.05) is 31.2 Å². The molecule has 0 unspecified atom stereocenters. The van der Waals surface area contributed by atoms with Crippen LogP contribution in [0.3, 0.4) is 0 Å². The Kier molecular flexibility index (Phi) is 3.19. The van der Waals surface area contributed by atoms with E-state index in [1.54, 1.807) is 0 Å². The molecule has 2 aromatic heterocycles. The first-order chi connectivity index (χ1) is 9.35. The Balaban J connectivity index is 1.70. The standard InChI is InChI=1S/C16H17N3/c1-2-12-3-5-13(6-4-12)10-18-15-9-14-7-8-17-16(14)19-11-15/h3-9,11,18H,2,10H2,1H3,(H,17,19). The van der Waals surface area contributed by atoms with Gasteiger partial charge in [0.2, 0.25) is 0 Å². The first-order valence-corrected chi connectivity index (χ1v) is 6.60. The molecule has 96 valence electrons. The molecule has 0 amide bonds. The molecule has 3 nitrogen and oxygen atoms in total. The van der Waals surface area contributed by atoms with E-state index in [-0.39, 0.29) is 0 Å². The summed E-state index contributed by atoms with van der Waals surface area (Å²) in [6, 6.07) is 12.9. The molecule has 0 spiro atoms. The summed E-state index contributed by atoms with van der Waals surface area (Å²) in [6.07, 6.45) is 4.85. The average molecular weight is 251 g/mol. The first-order valence-electron chi connectivity index (χ1n) is 6.60. The molecular formula is C16H17N3. The van der Waals surface area contributed by atoms with E-state index < -0.39 is 0 Å². The number of hydrogen-bond acceptors (Lipinski definition) is 2. The van der Waals surface area contributed by atoms with Gasteiger partial charge in [-0.3, -0.25) is 0 Å². The summed E-state index contributed by atoms with van der Waals surface area (Å²) < 4.78 is 0. The Morgan fingerprint density at radius 1 is 1.11 bits per heavy atom. The molecule has 0 atom stereocenters. The number of aromatic amines is 1. The first kappa shape index (κ1) is 11.8. The van der Waals surface area contributed by atoms with E-state index in [9.17, 15) is 0 Å². The van der Waals surface area contributed by atoms with Gasteiger partial charge in [0.1, 0.15) is 5.65 Å². The number of H-pyrrole nitrogens is 1. The highest BCUT2D eigenvalue weighted by Crippen LogP contribution is 2.16. The Morgan fingerprint density at radius 3 is 2.68 bits per heavy atom. The Hall–Kier alpha value is -2.29. The van der Waals surface area contributed by atoms with Crippen LogP contribution >= 0.6 is 0 Å². The van der Waals surface area contributed by atoms with Crippen LogP contribution < -0.4 is 5.32 Å². The topological polar surface area (TPSA) is 40.7 Å². The van der Waals surface area contributed by atoms with Crippen LogP contribution in [0, 0.1) is 0 Å². The van der Waals surface area contributed by atoms with Gasteiger partial charge in [0, 0.05) is 18.1 Å². The van der Waals surface area contributed by atoms with E-state index in [1.807, 2.05) is 18.5 Å². The van der Waals surface area contributed by atoms with Crippen LogP contribution in [0.5, 0.6) is 0 Å². The van der Waals surface area contributed by atoms with Crippen molar-refractivity contribution in [1.82, 2.24) is 9.97 Å². The van der Waals surface area contributed by atoms with E-state index in [2.05, 4.69) is 52.5 Å². The minimum Gasteiger partial charge on any atom is -0.380 e. The molecule has 0 aliphatic carbocycles. The summed E-state index contributed by atoms with van der Waals surface area (Å²) >= 11 is 0. The quantitative estimate of drug-likeness (QED) is 0.741. The van der Waals surface area contributed by atoms with Crippen molar-refractivity contribution in [3.63, 3.8) is 0 Å². The number of rotatable bonds is 4. The van der Waals surface area contributed by atoms with Gasteiger partial charge >= 0.3 is 0 Å². The van der Waals surface area contributed by atoms with E-state index in [0.717, 1.165) is 29.7 Å². The number of benzene rings is 1. The minimum absolute atomic E-state index is 0.821. The van der Waals surface area contributed by atoms with Crippen molar-refractivity contribution in [2.45, 2.75) is 19.9 Å². The van der Waals surface area contributed by atoms with Crippen LogP contribution in [-0.4, -0.2) is 9.97 Å². The van der Waals surface area contributed by atoms with Crippen LogP contribution in [0.1, 0.15) is 18.1 Å². The number of fused-ring (bicyclic) bond motifs is 1. The van der Waals surface area contributed by atoms with Crippen molar-refractivity contribution in [3.05, 3.63) is 59.9 Å². The molecule has 1 aromatic carbocycles. The predicted octanol–water partition coefficient (Wildman–Crippen LogP) is 3.74. The maximum absolute atomic E-state index is 4.36. The fraction of sp³-hybridized carbons (Fsp3) is 0.188. The molecule has 0 saturated carbocycles. The molecule has 0 fully saturated rings.